The van der Waals surface area contributed by atoms with Crippen molar-refractivity contribution in [1.29, 1.82) is 0 Å². The topological polar surface area (TPSA) is 35.5 Å². The van der Waals surface area contributed by atoms with Gasteiger partial charge in [-0.1, -0.05) is 31.7 Å². The molecule has 3 heteroatoms. The van der Waals surface area contributed by atoms with E-state index in [9.17, 15) is 4.79 Å². The van der Waals surface area contributed by atoms with Crippen molar-refractivity contribution in [1.82, 2.24) is 0 Å². The number of carbonyl (C=O) groups excluding carboxylic acids is 1. The summed E-state index contributed by atoms with van der Waals surface area (Å²) in [5.74, 6) is 0.00973. The molecule has 0 radical (unpaired) electrons. The molecule has 15 heavy (non-hydrogen) atoms. The quantitative estimate of drug-likeness (QED) is 0.431. The first-order valence-electron chi connectivity index (χ1n) is 4.77. The van der Waals surface area contributed by atoms with Crippen molar-refractivity contribution in [3.63, 3.8) is 0 Å². The standard InChI is InChI=1S/C12H14O3/c1-4-10-7-5-6-8-11(10)14-15-12(13)9(2)3/h5-8H,2,4H2,1,3H3. The van der Waals surface area contributed by atoms with Crippen LogP contribution in [0.4, 0.5) is 0 Å². The third-order valence-corrected chi connectivity index (χ3v) is 1.91. The highest BCUT2D eigenvalue weighted by molar-refractivity contribution is 5.86. The average molecular weight is 206 g/mol. The van der Waals surface area contributed by atoms with E-state index in [2.05, 4.69) is 11.5 Å². The van der Waals surface area contributed by atoms with E-state index in [0.717, 1.165) is 12.0 Å². The second kappa shape index (κ2) is 5.20. The first-order valence-corrected chi connectivity index (χ1v) is 4.77. The normalized spacial score (nSPS) is 9.47. The van der Waals surface area contributed by atoms with Gasteiger partial charge in [0.05, 0.1) is 0 Å². The second-order valence-electron chi connectivity index (χ2n) is 3.20. The molecule has 0 aliphatic carbocycles. The second-order valence-corrected chi connectivity index (χ2v) is 3.20. The van der Waals surface area contributed by atoms with Crippen LogP contribution in [-0.2, 0) is 16.1 Å². The Morgan fingerprint density at radius 3 is 2.67 bits per heavy atom. The molecule has 0 aliphatic rings. The predicted octanol–water partition coefficient (Wildman–Crippen LogP) is 2.66. The molecule has 80 valence electrons. The monoisotopic (exact) mass is 206 g/mol. The first-order chi connectivity index (χ1) is 7.15. The lowest BCUT2D eigenvalue weighted by atomic mass is 10.1. The highest BCUT2D eigenvalue weighted by atomic mass is 17.2. The van der Waals surface area contributed by atoms with Crippen molar-refractivity contribution in [3.05, 3.63) is 42.0 Å². The van der Waals surface area contributed by atoms with Gasteiger partial charge in [-0.05, 0) is 25.0 Å². The summed E-state index contributed by atoms with van der Waals surface area (Å²) in [6, 6.07) is 7.41. The Kier molecular flexibility index (Phi) is 3.92. The first kappa shape index (κ1) is 11.3. The van der Waals surface area contributed by atoms with Crippen LogP contribution in [-0.4, -0.2) is 5.97 Å². The molecule has 0 unspecified atom stereocenters. The Bertz CT molecular complexity index is 369. The highest BCUT2D eigenvalue weighted by Crippen LogP contribution is 2.18. The molecule has 0 fully saturated rings. The number of carbonyl (C=O) groups is 1. The smallest absolute Gasteiger partial charge is 0.286 e. The van der Waals surface area contributed by atoms with Crippen LogP contribution < -0.4 is 4.89 Å². The van der Waals surface area contributed by atoms with E-state index in [1.54, 1.807) is 13.0 Å². The fourth-order valence-electron chi connectivity index (χ4n) is 1.03. The molecule has 0 atom stereocenters. The molecular formula is C12H14O3. The van der Waals surface area contributed by atoms with Crippen molar-refractivity contribution in [2.75, 3.05) is 0 Å². The van der Waals surface area contributed by atoms with Crippen LogP contribution in [0.15, 0.2) is 36.4 Å². The van der Waals surface area contributed by atoms with Crippen molar-refractivity contribution in [2.45, 2.75) is 20.3 Å². The molecule has 1 rings (SSSR count). The molecule has 0 aromatic heterocycles. The van der Waals surface area contributed by atoms with E-state index in [-0.39, 0.29) is 0 Å². The number of rotatable bonds is 4. The largest absolute Gasteiger partial charge is 0.381 e. The average Bonchev–Trinajstić information content (AvgIpc) is 2.26. The van der Waals surface area contributed by atoms with E-state index >= 15 is 0 Å². The van der Waals surface area contributed by atoms with Crippen molar-refractivity contribution in [3.8, 4) is 5.75 Å². The van der Waals surface area contributed by atoms with E-state index in [0.29, 0.717) is 11.3 Å². The third-order valence-electron chi connectivity index (χ3n) is 1.91. The molecule has 0 amide bonds. The van der Waals surface area contributed by atoms with Crippen LogP contribution in [0.25, 0.3) is 0 Å². The van der Waals surface area contributed by atoms with Crippen LogP contribution in [0, 0.1) is 0 Å². The van der Waals surface area contributed by atoms with Gasteiger partial charge in [-0.25, -0.2) is 9.68 Å². The van der Waals surface area contributed by atoms with Crippen LogP contribution in [0.2, 0.25) is 0 Å². The lowest BCUT2D eigenvalue weighted by Gasteiger charge is -2.07. The zero-order chi connectivity index (χ0) is 11.3. The fourth-order valence-corrected chi connectivity index (χ4v) is 1.03. The number of hydrogen-bond acceptors (Lipinski definition) is 3. The van der Waals surface area contributed by atoms with Crippen LogP contribution in [0.1, 0.15) is 19.4 Å². The van der Waals surface area contributed by atoms with Gasteiger partial charge in [0.15, 0.2) is 5.75 Å². The predicted molar refractivity (Wildman–Crippen MR) is 57.4 cm³/mol. The highest BCUT2D eigenvalue weighted by Gasteiger charge is 2.07. The summed E-state index contributed by atoms with van der Waals surface area (Å²) in [6.07, 6.45) is 0.820. The zero-order valence-corrected chi connectivity index (χ0v) is 8.95. The maximum atomic E-state index is 11.1. The SMILES string of the molecule is C=C(C)C(=O)OOc1ccccc1CC. The van der Waals surface area contributed by atoms with E-state index in [1.807, 2.05) is 25.1 Å². The maximum Gasteiger partial charge on any atom is 0.381 e. The van der Waals surface area contributed by atoms with Crippen LogP contribution in [0.5, 0.6) is 5.75 Å². The molecule has 1 aromatic carbocycles. The summed E-state index contributed by atoms with van der Waals surface area (Å²) in [5.41, 5.74) is 1.30. The van der Waals surface area contributed by atoms with Crippen LogP contribution in [0.3, 0.4) is 0 Å². The minimum atomic E-state index is -0.555. The molecule has 0 saturated carbocycles. The van der Waals surface area contributed by atoms with Gasteiger partial charge >= 0.3 is 5.97 Å². The van der Waals surface area contributed by atoms with E-state index < -0.39 is 5.97 Å². The number of para-hydroxylation sites is 1. The Labute approximate surface area is 89.2 Å². The maximum absolute atomic E-state index is 11.1. The summed E-state index contributed by atoms with van der Waals surface area (Å²) in [5, 5.41) is 0. The number of aryl methyl sites for hydroxylation is 1. The molecule has 1 aromatic rings. The molecule has 0 saturated heterocycles. The molecule has 0 bridgehead atoms. The lowest BCUT2D eigenvalue weighted by molar-refractivity contribution is -0.208. The van der Waals surface area contributed by atoms with Crippen molar-refractivity contribution < 1.29 is 14.6 Å². The number of hydrogen-bond donors (Lipinski definition) is 0. The van der Waals surface area contributed by atoms with Gasteiger partial charge < -0.3 is 0 Å². The van der Waals surface area contributed by atoms with Crippen molar-refractivity contribution >= 4 is 5.97 Å². The lowest BCUT2D eigenvalue weighted by Crippen LogP contribution is -2.09. The minimum Gasteiger partial charge on any atom is -0.286 e. The molecule has 0 N–H and O–H groups in total. The van der Waals surface area contributed by atoms with Gasteiger partial charge in [0.2, 0.25) is 0 Å². The fraction of sp³-hybridized carbons (Fsp3) is 0.250. The van der Waals surface area contributed by atoms with Gasteiger partial charge in [-0.15, -0.1) is 0 Å². The Morgan fingerprint density at radius 2 is 2.07 bits per heavy atom. The number of benzene rings is 1. The molecular weight excluding hydrogens is 192 g/mol. The summed E-state index contributed by atoms with van der Waals surface area (Å²) < 4.78 is 0. The summed E-state index contributed by atoms with van der Waals surface area (Å²) in [4.78, 5) is 20.6. The molecule has 0 spiro atoms. The molecule has 0 heterocycles. The van der Waals surface area contributed by atoms with Gasteiger partial charge in [0.25, 0.3) is 0 Å². The zero-order valence-electron chi connectivity index (χ0n) is 8.95. The third kappa shape index (κ3) is 3.13. The van der Waals surface area contributed by atoms with E-state index in [1.165, 1.54) is 0 Å². The molecule has 3 nitrogen and oxygen atoms in total. The van der Waals surface area contributed by atoms with Gasteiger partial charge in [-0.3, -0.25) is 4.89 Å². The molecule has 0 aliphatic heterocycles. The van der Waals surface area contributed by atoms with Gasteiger partial charge in [0, 0.05) is 5.57 Å². The Balaban J connectivity index is 2.65. The Morgan fingerprint density at radius 1 is 1.40 bits per heavy atom. The van der Waals surface area contributed by atoms with Crippen molar-refractivity contribution in [2.24, 2.45) is 0 Å². The van der Waals surface area contributed by atoms with Crippen LogP contribution >= 0.6 is 0 Å². The van der Waals surface area contributed by atoms with E-state index in [4.69, 9.17) is 4.89 Å². The van der Waals surface area contributed by atoms with Gasteiger partial charge in [0.1, 0.15) is 0 Å². The summed E-state index contributed by atoms with van der Waals surface area (Å²) in [7, 11) is 0. The minimum absolute atomic E-state index is 0.309. The van der Waals surface area contributed by atoms with Gasteiger partial charge in [-0.2, -0.15) is 0 Å². The Hall–Kier alpha value is -1.77. The summed E-state index contributed by atoms with van der Waals surface area (Å²) >= 11 is 0. The summed E-state index contributed by atoms with van der Waals surface area (Å²) in [6.45, 7) is 7.03.